The standard InChI is InChI=1S/C15H10O7/c16-12-6-7(1-2-11(12)15(21)22)8-3-9(13(17)18)5-10(4-8)14(19)20/h1-6,16H,(H,17,18)(H,19,20)(H,21,22). The molecule has 0 unspecified atom stereocenters. The van der Waals surface area contributed by atoms with E-state index in [9.17, 15) is 19.5 Å². The molecule has 4 N–H and O–H groups in total. The van der Waals surface area contributed by atoms with E-state index in [1.54, 1.807) is 0 Å². The number of hydrogen-bond donors (Lipinski definition) is 4. The maximum Gasteiger partial charge on any atom is 0.339 e. The summed E-state index contributed by atoms with van der Waals surface area (Å²) in [5.41, 5.74) is -0.220. The van der Waals surface area contributed by atoms with E-state index in [2.05, 4.69) is 0 Å². The van der Waals surface area contributed by atoms with E-state index in [4.69, 9.17) is 15.3 Å². The molecule has 0 radical (unpaired) electrons. The van der Waals surface area contributed by atoms with Crippen molar-refractivity contribution in [3.05, 3.63) is 53.1 Å². The van der Waals surface area contributed by atoms with E-state index in [0.717, 1.165) is 18.2 Å². The highest BCUT2D eigenvalue weighted by molar-refractivity contribution is 5.96. The molecule has 2 aromatic rings. The predicted molar refractivity (Wildman–Crippen MR) is 74.4 cm³/mol. The summed E-state index contributed by atoms with van der Waals surface area (Å²) in [4.78, 5) is 32.9. The number of aromatic carboxylic acids is 3. The van der Waals surface area contributed by atoms with Crippen molar-refractivity contribution >= 4 is 17.9 Å². The highest BCUT2D eigenvalue weighted by Gasteiger charge is 2.15. The number of carboxylic acids is 3. The van der Waals surface area contributed by atoms with Crippen LogP contribution in [0.5, 0.6) is 5.75 Å². The number of benzene rings is 2. The Hall–Kier alpha value is -3.35. The topological polar surface area (TPSA) is 132 Å². The van der Waals surface area contributed by atoms with Crippen LogP contribution in [0.1, 0.15) is 31.1 Å². The maximum atomic E-state index is 11.0. The van der Waals surface area contributed by atoms with E-state index in [0.29, 0.717) is 5.56 Å². The minimum atomic E-state index is -1.31. The third kappa shape index (κ3) is 2.88. The van der Waals surface area contributed by atoms with Gasteiger partial charge in [0.25, 0.3) is 0 Å². The Morgan fingerprint density at radius 3 is 1.64 bits per heavy atom. The smallest absolute Gasteiger partial charge is 0.339 e. The van der Waals surface area contributed by atoms with Gasteiger partial charge in [-0.2, -0.15) is 0 Å². The van der Waals surface area contributed by atoms with Crippen LogP contribution >= 0.6 is 0 Å². The molecule has 7 heteroatoms. The van der Waals surface area contributed by atoms with Gasteiger partial charge in [-0.05, 0) is 41.5 Å². The van der Waals surface area contributed by atoms with Gasteiger partial charge in [0, 0.05) is 0 Å². The summed E-state index contributed by atoms with van der Waals surface area (Å²) in [5, 5.41) is 36.5. The van der Waals surface area contributed by atoms with Crippen LogP contribution in [0, 0.1) is 0 Å². The van der Waals surface area contributed by atoms with Gasteiger partial charge in [0.05, 0.1) is 11.1 Å². The van der Waals surface area contributed by atoms with E-state index >= 15 is 0 Å². The van der Waals surface area contributed by atoms with E-state index in [1.807, 2.05) is 0 Å². The molecule has 0 aliphatic heterocycles. The summed E-state index contributed by atoms with van der Waals surface area (Å²) in [6.07, 6.45) is 0. The Morgan fingerprint density at radius 2 is 1.23 bits per heavy atom. The first kappa shape index (κ1) is 15.0. The summed E-state index contributed by atoms with van der Waals surface area (Å²) in [6.45, 7) is 0. The zero-order valence-corrected chi connectivity index (χ0v) is 11.0. The molecule has 0 atom stereocenters. The molecule has 0 aliphatic carbocycles. The Bertz CT molecular complexity index is 760. The van der Waals surface area contributed by atoms with Gasteiger partial charge in [-0.25, -0.2) is 14.4 Å². The van der Waals surface area contributed by atoms with Gasteiger partial charge in [0.2, 0.25) is 0 Å². The van der Waals surface area contributed by atoms with Crippen LogP contribution < -0.4 is 0 Å². The van der Waals surface area contributed by atoms with Gasteiger partial charge in [0.1, 0.15) is 11.3 Å². The number of carboxylic acid groups (broad SMARTS) is 3. The summed E-state index contributed by atoms with van der Waals surface area (Å²) < 4.78 is 0. The quantitative estimate of drug-likeness (QED) is 0.680. The van der Waals surface area contributed by atoms with E-state index in [-0.39, 0.29) is 22.3 Å². The van der Waals surface area contributed by atoms with Crippen LogP contribution in [-0.4, -0.2) is 38.3 Å². The molecular formula is C15H10O7. The van der Waals surface area contributed by atoms with Gasteiger partial charge in [0.15, 0.2) is 0 Å². The summed E-state index contributed by atoms with van der Waals surface area (Å²) in [6, 6.07) is 7.14. The van der Waals surface area contributed by atoms with Gasteiger partial charge in [-0.3, -0.25) is 0 Å². The summed E-state index contributed by atoms with van der Waals surface area (Å²) in [5.74, 6) is -4.40. The van der Waals surface area contributed by atoms with E-state index < -0.39 is 23.7 Å². The van der Waals surface area contributed by atoms with Crippen LogP contribution in [0.2, 0.25) is 0 Å². The van der Waals surface area contributed by atoms with Crippen molar-refractivity contribution in [3.63, 3.8) is 0 Å². The van der Waals surface area contributed by atoms with Crippen LogP contribution in [0.3, 0.4) is 0 Å². The zero-order valence-electron chi connectivity index (χ0n) is 11.0. The third-order valence-corrected chi connectivity index (χ3v) is 2.99. The largest absolute Gasteiger partial charge is 0.507 e. The SMILES string of the molecule is O=C(O)c1cc(C(=O)O)cc(-c2ccc(C(=O)O)c(O)c2)c1. The fourth-order valence-corrected chi connectivity index (χ4v) is 1.93. The molecule has 112 valence electrons. The number of rotatable bonds is 4. The molecule has 0 heterocycles. The van der Waals surface area contributed by atoms with Crippen LogP contribution in [-0.2, 0) is 0 Å². The Morgan fingerprint density at radius 1 is 0.682 bits per heavy atom. The third-order valence-electron chi connectivity index (χ3n) is 2.99. The first-order chi connectivity index (χ1) is 10.3. The first-order valence-corrected chi connectivity index (χ1v) is 5.98. The molecule has 7 nitrogen and oxygen atoms in total. The van der Waals surface area contributed by atoms with Crippen LogP contribution in [0.4, 0.5) is 0 Å². The minimum absolute atomic E-state index is 0.225. The van der Waals surface area contributed by atoms with Gasteiger partial charge >= 0.3 is 17.9 Å². The van der Waals surface area contributed by atoms with Crippen molar-refractivity contribution in [3.8, 4) is 16.9 Å². The average molecular weight is 302 g/mol. The van der Waals surface area contributed by atoms with Crippen molar-refractivity contribution in [1.82, 2.24) is 0 Å². The molecule has 0 aromatic heterocycles. The lowest BCUT2D eigenvalue weighted by Crippen LogP contribution is -2.03. The molecule has 0 fully saturated rings. The number of hydrogen-bond acceptors (Lipinski definition) is 4. The average Bonchev–Trinajstić information content (AvgIpc) is 2.46. The number of phenols is 1. The van der Waals surface area contributed by atoms with Crippen molar-refractivity contribution in [1.29, 1.82) is 0 Å². The van der Waals surface area contributed by atoms with Gasteiger partial charge < -0.3 is 20.4 Å². The number of carbonyl (C=O) groups is 3. The van der Waals surface area contributed by atoms with Gasteiger partial charge in [-0.15, -0.1) is 0 Å². The summed E-state index contributed by atoms with van der Waals surface area (Å²) >= 11 is 0. The molecule has 0 spiro atoms. The maximum absolute atomic E-state index is 11.0. The fraction of sp³-hybridized carbons (Fsp3) is 0. The normalized spacial score (nSPS) is 10.2. The predicted octanol–water partition coefficient (Wildman–Crippen LogP) is 2.15. The fourth-order valence-electron chi connectivity index (χ4n) is 1.93. The molecular weight excluding hydrogens is 292 g/mol. The Labute approximate surface area is 123 Å². The Balaban J connectivity index is 2.61. The molecule has 22 heavy (non-hydrogen) atoms. The lowest BCUT2D eigenvalue weighted by molar-refractivity contribution is 0.0680. The second kappa shape index (κ2) is 5.57. The van der Waals surface area contributed by atoms with Crippen molar-refractivity contribution < 1.29 is 34.8 Å². The van der Waals surface area contributed by atoms with Gasteiger partial charge in [-0.1, -0.05) is 6.07 Å². The van der Waals surface area contributed by atoms with Crippen molar-refractivity contribution in [2.24, 2.45) is 0 Å². The van der Waals surface area contributed by atoms with Crippen LogP contribution in [0.25, 0.3) is 11.1 Å². The van der Waals surface area contributed by atoms with E-state index in [1.165, 1.54) is 18.2 Å². The molecule has 0 saturated heterocycles. The Kier molecular flexibility index (Phi) is 3.81. The second-order valence-electron chi connectivity index (χ2n) is 4.45. The zero-order chi connectivity index (χ0) is 16.4. The first-order valence-electron chi connectivity index (χ1n) is 5.98. The minimum Gasteiger partial charge on any atom is -0.507 e. The lowest BCUT2D eigenvalue weighted by Gasteiger charge is -2.07. The van der Waals surface area contributed by atoms with Crippen LogP contribution in [0.15, 0.2) is 36.4 Å². The van der Waals surface area contributed by atoms with Crippen molar-refractivity contribution in [2.45, 2.75) is 0 Å². The molecule has 0 saturated carbocycles. The molecule has 0 aliphatic rings. The second-order valence-corrected chi connectivity index (χ2v) is 4.45. The molecule has 2 aromatic carbocycles. The summed E-state index contributed by atoms with van der Waals surface area (Å²) in [7, 11) is 0. The monoisotopic (exact) mass is 302 g/mol. The van der Waals surface area contributed by atoms with Crippen molar-refractivity contribution in [2.75, 3.05) is 0 Å². The molecule has 0 bridgehead atoms. The highest BCUT2D eigenvalue weighted by atomic mass is 16.4. The number of aromatic hydroxyl groups is 1. The lowest BCUT2D eigenvalue weighted by atomic mass is 9.98. The molecule has 2 rings (SSSR count). The highest BCUT2D eigenvalue weighted by Crippen LogP contribution is 2.28. The molecule has 0 amide bonds.